The van der Waals surface area contributed by atoms with Crippen LogP contribution in [0.5, 0.6) is 17.2 Å². The van der Waals surface area contributed by atoms with E-state index in [2.05, 4.69) is 95.6 Å². The van der Waals surface area contributed by atoms with Gasteiger partial charge in [-0.2, -0.15) is 4.57 Å². The Bertz CT molecular complexity index is 1090. The van der Waals surface area contributed by atoms with Crippen molar-refractivity contribution in [1.82, 2.24) is 0 Å². The maximum atomic E-state index is 13.1. The van der Waals surface area contributed by atoms with E-state index in [4.69, 9.17) is 13.6 Å². The lowest BCUT2D eigenvalue weighted by Gasteiger charge is -2.19. The van der Waals surface area contributed by atoms with Crippen LogP contribution < -0.4 is 13.6 Å². The highest BCUT2D eigenvalue weighted by Gasteiger charge is 2.33. The van der Waals surface area contributed by atoms with Gasteiger partial charge in [-0.3, -0.25) is 0 Å². The van der Waals surface area contributed by atoms with Crippen molar-refractivity contribution < 1.29 is 18.1 Å². The van der Waals surface area contributed by atoms with Gasteiger partial charge in [-0.1, -0.05) is 54.6 Å². The molecule has 0 amide bonds. The molecule has 4 aromatic carbocycles. The second-order valence-electron chi connectivity index (χ2n) is 6.54. The first kappa shape index (κ1) is 29.0. The Morgan fingerprint density at radius 3 is 0.800 bits per heavy atom. The molecule has 0 aliphatic carbocycles. The number of hydrogen-bond donors (Lipinski definition) is 0. The Balaban J connectivity index is 0.000000241. The first-order valence-electron chi connectivity index (χ1n) is 9.71. The van der Waals surface area contributed by atoms with Crippen LogP contribution >= 0.6 is 103 Å². The molecule has 0 N–H and O–H groups in total. The topological polar surface area (TPSA) is 44.8 Å². The Labute approximate surface area is 254 Å². The van der Waals surface area contributed by atoms with E-state index in [1.807, 2.05) is 18.2 Å². The molecule has 0 aliphatic rings. The highest BCUT2D eigenvalue weighted by atomic mass is 79.9. The molecule has 4 nitrogen and oxygen atoms in total. The first-order chi connectivity index (χ1) is 16.7. The van der Waals surface area contributed by atoms with E-state index in [1.165, 1.54) is 0 Å². The maximum Gasteiger partial charge on any atom is 0.647 e. The number of rotatable bonds is 6. The molecule has 0 radical (unpaired) electrons. The molecular weight excluding hydrogens is 863 g/mol. The standard InChI is InChI=1S/C18H15O4P.C6Br6/c19-23(20-16-10-4-1-5-11-16,21-17-12-6-2-7-13-17)22-18-14-8-3-9-15-18;7-1-2(8)4(10)6(12)5(11)3(1)9/h1-15H;. The number of phosphoric acid groups is 1. The predicted molar refractivity (Wildman–Crippen MR) is 161 cm³/mol. The van der Waals surface area contributed by atoms with Crippen molar-refractivity contribution in [2.75, 3.05) is 0 Å². The van der Waals surface area contributed by atoms with E-state index in [0.29, 0.717) is 17.2 Å². The lowest BCUT2D eigenvalue weighted by molar-refractivity contribution is 0.298. The van der Waals surface area contributed by atoms with Gasteiger partial charge in [0.1, 0.15) is 17.2 Å². The summed E-state index contributed by atoms with van der Waals surface area (Å²) in [5.74, 6) is 1.22. The molecule has 4 rings (SSSR count). The summed E-state index contributed by atoms with van der Waals surface area (Å²) in [6.45, 7) is 0. The van der Waals surface area contributed by atoms with Gasteiger partial charge in [0.25, 0.3) is 0 Å². The van der Waals surface area contributed by atoms with Crippen LogP contribution in [0.3, 0.4) is 0 Å². The Morgan fingerprint density at radius 1 is 0.400 bits per heavy atom. The molecular formula is C24H15Br6O4P. The van der Waals surface area contributed by atoms with Gasteiger partial charge in [0.15, 0.2) is 0 Å². The third kappa shape index (κ3) is 8.45. The fourth-order valence-electron chi connectivity index (χ4n) is 2.47. The summed E-state index contributed by atoms with van der Waals surface area (Å²) < 4.78 is 35.5. The second-order valence-corrected chi connectivity index (χ2v) is 12.7. The van der Waals surface area contributed by atoms with Crippen molar-refractivity contribution in [2.24, 2.45) is 0 Å². The average Bonchev–Trinajstić information content (AvgIpc) is 2.87. The summed E-state index contributed by atoms with van der Waals surface area (Å²) in [4.78, 5) is 0. The molecule has 182 valence electrons. The Hall–Kier alpha value is -0.610. The van der Waals surface area contributed by atoms with Gasteiger partial charge in [-0.25, -0.2) is 0 Å². The van der Waals surface area contributed by atoms with Crippen molar-refractivity contribution in [3.8, 4) is 17.2 Å². The zero-order valence-corrected chi connectivity index (χ0v) is 27.9. The summed E-state index contributed by atoms with van der Waals surface area (Å²) in [7, 11) is -3.89. The second kappa shape index (κ2) is 13.8. The lowest BCUT2D eigenvalue weighted by Crippen LogP contribution is -2.07. The van der Waals surface area contributed by atoms with Crippen LogP contribution in [0.4, 0.5) is 0 Å². The number of benzene rings is 4. The predicted octanol–water partition coefficient (Wildman–Crippen LogP) is 11.6. The summed E-state index contributed by atoms with van der Waals surface area (Å²) in [5, 5.41) is 0. The molecule has 0 unspecified atom stereocenters. The molecule has 0 spiro atoms. The third-order valence-electron chi connectivity index (χ3n) is 4.04. The van der Waals surface area contributed by atoms with Gasteiger partial charge in [0, 0.05) is 26.8 Å². The van der Waals surface area contributed by atoms with E-state index in [9.17, 15) is 4.57 Å². The molecule has 0 saturated carbocycles. The zero-order valence-electron chi connectivity index (χ0n) is 17.5. The van der Waals surface area contributed by atoms with E-state index >= 15 is 0 Å². The van der Waals surface area contributed by atoms with Crippen LogP contribution in [0.25, 0.3) is 0 Å². The highest BCUT2D eigenvalue weighted by molar-refractivity contribution is 9.16. The lowest BCUT2D eigenvalue weighted by atomic mass is 10.3. The van der Waals surface area contributed by atoms with Gasteiger partial charge in [-0.05, 0) is 132 Å². The number of para-hydroxylation sites is 3. The van der Waals surface area contributed by atoms with Crippen molar-refractivity contribution >= 4 is 103 Å². The van der Waals surface area contributed by atoms with Crippen molar-refractivity contribution in [3.05, 3.63) is 118 Å². The number of halogens is 6. The fourth-order valence-corrected chi connectivity index (χ4v) is 7.69. The van der Waals surface area contributed by atoms with Gasteiger partial charge in [-0.15, -0.1) is 0 Å². The van der Waals surface area contributed by atoms with E-state index in [1.54, 1.807) is 72.8 Å². The molecule has 11 heteroatoms. The van der Waals surface area contributed by atoms with Gasteiger partial charge >= 0.3 is 7.82 Å². The van der Waals surface area contributed by atoms with Crippen LogP contribution in [0.15, 0.2) is 118 Å². The maximum absolute atomic E-state index is 13.1. The summed E-state index contributed by atoms with van der Waals surface area (Å²) in [6.07, 6.45) is 0. The SMILES string of the molecule is Brc1c(Br)c(Br)c(Br)c(Br)c1Br.O=P(Oc1ccccc1)(Oc1ccccc1)Oc1ccccc1. The minimum absolute atomic E-state index is 0.405. The van der Waals surface area contributed by atoms with Crippen molar-refractivity contribution in [2.45, 2.75) is 0 Å². The molecule has 0 fully saturated rings. The summed E-state index contributed by atoms with van der Waals surface area (Å²) >= 11 is 20.6. The molecule has 35 heavy (non-hydrogen) atoms. The number of phosphoric ester groups is 1. The molecule has 0 heterocycles. The molecule has 0 aliphatic heterocycles. The highest BCUT2D eigenvalue weighted by Crippen LogP contribution is 2.49. The summed E-state index contributed by atoms with van der Waals surface area (Å²) in [5.41, 5.74) is 0. The average molecular weight is 878 g/mol. The zero-order chi connectivity index (χ0) is 25.4. The largest absolute Gasteiger partial charge is 0.647 e. The molecule has 0 atom stereocenters. The van der Waals surface area contributed by atoms with Crippen LogP contribution in [-0.2, 0) is 4.57 Å². The Morgan fingerprint density at radius 2 is 0.600 bits per heavy atom. The minimum Gasteiger partial charge on any atom is -0.386 e. The van der Waals surface area contributed by atoms with E-state index in [-0.39, 0.29) is 0 Å². The van der Waals surface area contributed by atoms with Crippen LogP contribution in [0.1, 0.15) is 0 Å². The third-order valence-corrected chi connectivity index (χ3v) is 13.3. The molecule has 4 aromatic rings. The van der Waals surface area contributed by atoms with Crippen molar-refractivity contribution in [1.29, 1.82) is 0 Å². The molecule has 0 aromatic heterocycles. The van der Waals surface area contributed by atoms with Gasteiger partial charge in [0.2, 0.25) is 0 Å². The van der Waals surface area contributed by atoms with Gasteiger partial charge in [0.05, 0.1) is 0 Å². The molecule has 0 bridgehead atoms. The van der Waals surface area contributed by atoms with E-state index in [0.717, 1.165) is 26.8 Å². The number of hydrogen-bond acceptors (Lipinski definition) is 4. The first-order valence-corrected chi connectivity index (χ1v) is 15.9. The van der Waals surface area contributed by atoms with Crippen LogP contribution in [0, 0.1) is 0 Å². The summed E-state index contributed by atoms with van der Waals surface area (Å²) in [6, 6.07) is 26.4. The monoisotopic (exact) mass is 872 g/mol. The van der Waals surface area contributed by atoms with E-state index < -0.39 is 7.82 Å². The van der Waals surface area contributed by atoms with Crippen LogP contribution in [0.2, 0.25) is 0 Å². The smallest absolute Gasteiger partial charge is 0.386 e. The quantitative estimate of drug-likeness (QED) is 0.110. The minimum atomic E-state index is -3.89. The van der Waals surface area contributed by atoms with Crippen LogP contribution in [-0.4, -0.2) is 0 Å². The normalized spacial score (nSPS) is 10.7. The Kier molecular flexibility index (Phi) is 11.4. The van der Waals surface area contributed by atoms with Crippen molar-refractivity contribution in [3.63, 3.8) is 0 Å². The van der Waals surface area contributed by atoms with Gasteiger partial charge < -0.3 is 13.6 Å². The molecule has 0 saturated heterocycles. The fraction of sp³-hybridized carbons (Fsp3) is 0.